The van der Waals surface area contributed by atoms with Gasteiger partial charge in [-0.3, -0.25) is 14.4 Å². The fraction of sp³-hybridized carbons (Fsp3) is 0.915. The Morgan fingerprint density at radius 2 is 0.508 bits per heavy atom. The zero-order valence-corrected chi connectivity index (χ0v) is 44.0. The third-order valence-corrected chi connectivity index (χ3v) is 13.3. The van der Waals surface area contributed by atoms with Crippen molar-refractivity contribution < 1.29 is 28.6 Å². The van der Waals surface area contributed by atoms with Crippen molar-refractivity contribution in [2.75, 3.05) is 13.2 Å². The highest BCUT2D eigenvalue weighted by molar-refractivity contribution is 5.71. The van der Waals surface area contributed by atoms with Gasteiger partial charge in [0.2, 0.25) is 0 Å². The molecule has 384 valence electrons. The summed E-state index contributed by atoms with van der Waals surface area (Å²) < 4.78 is 16.9. The van der Waals surface area contributed by atoms with Crippen LogP contribution < -0.4 is 0 Å². The van der Waals surface area contributed by atoms with Gasteiger partial charge in [-0.2, -0.15) is 0 Å². The van der Waals surface area contributed by atoms with Gasteiger partial charge in [0, 0.05) is 19.3 Å². The van der Waals surface area contributed by atoms with Crippen molar-refractivity contribution in [3.63, 3.8) is 0 Å². The van der Waals surface area contributed by atoms with Crippen molar-refractivity contribution in [2.45, 2.75) is 335 Å². The molecule has 0 rings (SSSR count). The number of rotatable bonds is 54. The molecule has 0 bridgehead atoms. The van der Waals surface area contributed by atoms with E-state index in [1.54, 1.807) is 0 Å². The van der Waals surface area contributed by atoms with Gasteiger partial charge in [0.25, 0.3) is 0 Å². The second-order valence-corrected chi connectivity index (χ2v) is 19.9. The lowest BCUT2D eigenvalue weighted by Gasteiger charge is -2.18. The van der Waals surface area contributed by atoms with E-state index in [-0.39, 0.29) is 31.1 Å². The lowest BCUT2D eigenvalue weighted by atomic mass is 10.0. The lowest BCUT2D eigenvalue weighted by molar-refractivity contribution is -0.167. The normalized spacial score (nSPS) is 12.0. The van der Waals surface area contributed by atoms with Gasteiger partial charge >= 0.3 is 17.9 Å². The van der Waals surface area contributed by atoms with E-state index in [4.69, 9.17) is 14.2 Å². The number of allylic oxidation sites excluding steroid dienone is 2. The Labute approximate surface area is 405 Å². The van der Waals surface area contributed by atoms with Crippen molar-refractivity contribution in [1.29, 1.82) is 0 Å². The predicted molar refractivity (Wildman–Crippen MR) is 280 cm³/mol. The summed E-state index contributed by atoms with van der Waals surface area (Å²) in [5, 5.41) is 0. The summed E-state index contributed by atoms with van der Waals surface area (Å²) in [6.07, 6.45) is 62.0. The summed E-state index contributed by atoms with van der Waals surface area (Å²) in [5.41, 5.74) is 0. The smallest absolute Gasteiger partial charge is 0.306 e. The number of carbonyl (C=O) groups is 3. The predicted octanol–water partition coefficient (Wildman–Crippen LogP) is 19.3. The van der Waals surface area contributed by atoms with Gasteiger partial charge in [-0.1, -0.05) is 277 Å². The van der Waals surface area contributed by atoms with E-state index in [1.807, 2.05) is 0 Å². The molecule has 6 nitrogen and oxygen atoms in total. The molecule has 6 heteroatoms. The maximum absolute atomic E-state index is 12.8. The summed E-state index contributed by atoms with van der Waals surface area (Å²) >= 11 is 0. The molecule has 1 atom stereocenters. The average molecular weight is 918 g/mol. The van der Waals surface area contributed by atoms with Gasteiger partial charge in [-0.25, -0.2) is 0 Å². The molecular weight excluding hydrogens is 805 g/mol. The summed E-state index contributed by atoms with van der Waals surface area (Å²) in [6, 6.07) is 0. The molecule has 0 aromatic heterocycles. The third-order valence-electron chi connectivity index (χ3n) is 13.3. The van der Waals surface area contributed by atoms with Gasteiger partial charge < -0.3 is 14.2 Å². The van der Waals surface area contributed by atoms with E-state index < -0.39 is 6.10 Å². The zero-order valence-electron chi connectivity index (χ0n) is 44.0. The SMILES string of the molecule is CCCCCCCC/C=C\CCCCCCCC(=O)O[C@@H](COC(=O)CCCCCCCCCCCCCCCCC)COC(=O)CCCCCCCCCCCCCCCCCCC. The highest BCUT2D eigenvalue weighted by Crippen LogP contribution is 2.17. The van der Waals surface area contributed by atoms with Crippen LogP contribution in [0.25, 0.3) is 0 Å². The van der Waals surface area contributed by atoms with Crippen LogP contribution in [0.4, 0.5) is 0 Å². The molecule has 0 saturated carbocycles. The summed E-state index contributed by atoms with van der Waals surface area (Å²) in [5.74, 6) is -0.850. The number of esters is 3. The Kier molecular flexibility index (Phi) is 53.2. The summed E-state index contributed by atoms with van der Waals surface area (Å²) in [6.45, 7) is 6.69. The lowest BCUT2D eigenvalue weighted by Crippen LogP contribution is -2.30. The third kappa shape index (κ3) is 53.0. The highest BCUT2D eigenvalue weighted by atomic mass is 16.6. The van der Waals surface area contributed by atoms with Crippen LogP contribution in [0.5, 0.6) is 0 Å². The van der Waals surface area contributed by atoms with E-state index in [9.17, 15) is 14.4 Å². The van der Waals surface area contributed by atoms with Gasteiger partial charge in [0.15, 0.2) is 6.10 Å². The fourth-order valence-corrected chi connectivity index (χ4v) is 8.85. The van der Waals surface area contributed by atoms with E-state index >= 15 is 0 Å². The maximum atomic E-state index is 12.8. The van der Waals surface area contributed by atoms with Crippen molar-refractivity contribution in [2.24, 2.45) is 0 Å². The van der Waals surface area contributed by atoms with Crippen LogP contribution in [-0.4, -0.2) is 37.2 Å². The highest BCUT2D eigenvalue weighted by Gasteiger charge is 2.19. The van der Waals surface area contributed by atoms with Crippen molar-refractivity contribution in [3.05, 3.63) is 12.2 Å². The van der Waals surface area contributed by atoms with Crippen LogP contribution in [0.1, 0.15) is 329 Å². The Bertz CT molecular complexity index is 1010. The molecule has 0 fully saturated rings. The molecule has 0 spiro atoms. The second kappa shape index (κ2) is 54.8. The molecule has 0 N–H and O–H groups in total. The van der Waals surface area contributed by atoms with E-state index in [1.165, 1.54) is 225 Å². The molecule has 0 amide bonds. The zero-order chi connectivity index (χ0) is 47.2. The Morgan fingerprint density at radius 3 is 0.769 bits per heavy atom. The summed E-state index contributed by atoms with van der Waals surface area (Å²) in [4.78, 5) is 38.1. The Hall–Kier alpha value is -1.85. The van der Waals surface area contributed by atoms with Crippen LogP contribution in [-0.2, 0) is 28.6 Å². The van der Waals surface area contributed by atoms with E-state index in [2.05, 4.69) is 32.9 Å². The largest absolute Gasteiger partial charge is 0.462 e. The molecule has 0 aromatic carbocycles. The molecule has 0 radical (unpaired) electrons. The van der Waals surface area contributed by atoms with E-state index in [0.717, 1.165) is 64.2 Å². The minimum atomic E-state index is -0.768. The van der Waals surface area contributed by atoms with Crippen molar-refractivity contribution in [1.82, 2.24) is 0 Å². The first-order valence-electron chi connectivity index (χ1n) is 29.2. The van der Waals surface area contributed by atoms with Crippen LogP contribution >= 0.6 is 0 Å². The molecule has 0 aliphatic heterocycles. The van der Waals surface area contributed by atoms with Gasteiger partial charge in [0.05, 0.1) is 0 Å². The van der Waals surface area contributed by atoms with Crippen molar-refractivity contribution in [3.8, 4) is 0 Å². The van der Waals surface area contributed by atoms with Crippen LogP contribution in [0.15, 0.2) is 12.2 Å². The first-order valence-corrected chi connectivity index (χ1v) is 29.2. The van der Waals surface area contributed by atoms with Gasteiger partial charge in [-0.05, 0) is 44.9 Å². The molecule has 0 aliphatic carbocycles. The molecule has 0 unspecified atom stereocenters. The van der Waals surface area contributed by atoms with E-state index in [0.29, 0.717) is 19.3 Å². The number of hydrogen-bond acceptors (Lipinski definition) is 6. The maximum Gasteiger partial charge on any atom is 0.306 e. The first-order chi connectivity index (χ1) is 32.0. The quantitative estimate of drug-likeness (QED) is 0.0262. The minimum absolute atomic E-state index is 0.0673. The number of carbonyl (C=O) groups excluding carboxylic acids is 3. The number of ether oxygens (including phenoxy) is 3. The number of hydrogen-bond donors (Lipinski definition) is 0. The Morgan fingerprint density at radius 1 is 0.292 bits per heavy atom. The fourth-order valence-electron chi connectivity index (χ4n) is 8.85. The monoisotopic (exact) mass is 917 g/mol. The van der Waals surface area contributed by atoms with Gasteiger partial charge in [-0.15, -0.1) is 0 Å². The molecule has 0 aliphatic rings. The van der Waals surface area contributed by atoms with Crippen LogP contribution in [0, 0.1) is 0 Å². The number of unbranched alkanes of at least 4 members (excludes halogenated alkanes) is 41. The van der Waals surface area contributed by atoms with Crippen molar-refractivity contribution >= 4 is 17.9 Å². The molecule has 0 saturated heterocycles. The minimum Gasteiger partial charge on any atom is -0.462 e. The van der Waals surface area contributed by atoms with Crippen LogP contribution in [0.2, 0.25) is 0 Å². The molecule has 0 aromatic rings. The average Bonchev–Trinajstić information content (AvgIpc) is 3.30. The summed E-state index contributed by atoms with van der Waals surface area (Å²) in [7, 11) is 0. The molecule has 0 heterocycles. The Balaban J connectivity index is 4.32. The standard InChI is InChI=1S/C59H112O6/c1-4-7-10-13-16-19-22-25-28-29-32-34-37-40-43-46-49-52-58(61)64-55-56(65-59(62)53-50-47-44-41-38-35-31-27-24-21-18-15-12-9-6-3)54-63-57(60)51-48-45-42-39-36-33-30-26-23-20-17-14-11-8-5-2/h27,31,56H,4-26,28-30,32-55H2,1-3H3/b31-27-/t56-/m0/s1. The first kappa shape index (κ1) is 63.1. The molecule has 65 heavy (non-hydrogen) atoms. The molecular formula is C59H112O6. The second-order valence-electron chi connectivity index (χ2n) is 19.9. The van der Waals surface area contributed by atoms with Gasteiger partial charge in [0.1, 0.15) is 13.2 Å². The van der Waals surface area contributed by atoms with Crippen LogP contribution in [0.3, 0.4) is 0 Å². The topological polar surface area (TPSA) is 78.9 Å².